The first kappa shape index (κ1) is 9.05. The molecule has 1 aliphatic carbocycles. The maximum atomic E-state index is 3.67. The Bertz CT molecular complexity index is 137. The number of hydrogen-bond acceptors (Lipinski definition) is 1. The van der Waals surface area contributed by atoms with E-state index in [4.69, 9.17) is 0 Å². The van der Waals surface area contributed by atoms with Gasteiger partial charge in [0.05, 0.1) is 0 Å². The van der Waals surface area contributed by atoms with Gasteiger partial charge < -0.3 is 5.32 Å². The van der Waals surface area contributed by atoms with Gasteiger partial charge in [0, 0.05) is 11.6 Å². The van der Waals surface area contributed by atoms with Crippen LogP contribution in [0.15, 0.2) is 0 Å². The maximum Gasteiger partial charge on any atom is 0.0233 e. The molecule has 0 radical (unpaired) electrons. The molecular weight excluding hydrogens is 134 g/mol. The van der Waals surface area contributed by atoms with Crippen molar-refractivity contribution in [3.8, 4) is 0 Å². The summed E-state index contributed by atoms with van der Waals surface area (Å²) in [7, 11) is 0. The Morgan fingerprint density at radius 3 is 1.73 bits per heavy atom. The molecule has 0 aliphatic heterocycles. The second-order valence-electron chi connectivity index (χ2n) is 5.13. The lowest BCUT2D eigenvalue weighted by atomic mass is 9.84. The van der Waals surface area contributed by atoms with Gasteiger partial charge in [-0.1, -0.05) is 34.6 Å². The van der Waals surface area contributed by atoms with Gasteiger partial charge in [0.25, 0.3) is 0 Å². The molecule has 0 aromatic rings. The van der Waals surface area contributed by atoms with Gasteiger partial charge in [-0.2, -0.15) is 0 Å². The number of nitrogens with one attached hydrogen (secondary N) is 1. The molecule has 0 bridgehead atoms. The first-order chi connectivity index (χ1) is 4.87. The van der Waals surface area contributed by atoms with E-state index in [1.54, 1.807) is 0 Å². The van der Waals surface area contributed by atoms with E-state index in [0.29, 0.717) is 17.0 Å². The van der Waals surface area contributed by atoms with Gasteiger partial charge in [0.2, 0.25) is 0 Å². The third kappa shape index (κ3) is 1.76. The molecule has 1 heteroatoms. The fourth-order valence-electron chi connectivity index (χ4n) is 1.79. The summed E-state index contributed by atoms with van der Waals surface area (Å²) >= 11 is 0. The number of hydrogen-bond donors (Lipinski definition) is 1. The predicted octanol–water partition coefficient (Wildman–Crippen LogP) is 2.56. The van der Waals surface area contributed by atoms with Gasteiger partial charge >= 0.3 is 0 Å². The monoisotopic (exact) mass is 155 g/mol. The third-order valence-corrected chi connectivity index (χ3v) is 2.75. The molecule has 0 spiro atoms. The normalized spacial score (nSPS) is 22.4. The van der Waals surface area contributed by atoms with Crippen molar-refractivity contribution >= 4 is 0 Å². The fourth-order valence-corrected chi connectivity index (χ4v) is 1.79. The summed E-state index contributed by atoms with van der Waals surface area (Å²) < 4.78 is 0. The van der Waals surface area contributed by atoms with Gasteiger partial charge in [-0.3, -0.25) is 0 Å². The van der Waals surface area contributed by atoms with Crippen molar-refractivity contribution in [2.24, 2.45) is 5.41 Å². The van der Waals surface area contributed by atoms with E-state index < -0.39 is 0 Å². The van der Waals surface area contributed by atoms with Crippen LogP contribution in [-0.4, -0.2) is 11.6 Å². The van der Waals surface area contributed by atoms with E-state index in [-0.39, 0.29) is 0 Å². The lowest BCUT2D eigenvalue weighted by Crippen LogP contribution is -2.46. The molecular formula is C10H21N. The van der Waals surface area contributed by atoms with Crippen LogP contribution in [0.3, 0.4) is 0 Å². The largest absolute Gasteiger partial charge is 0.309 e. The third-order valence-electron chi connectivity index (χ3n) is 2.75. The van der Waals surface area contributed by atoms with Crippen LogP contribution >= 0.6 is 0 Å². The quantitative estimate of drug-likeness (QED) is 0.646. The Morgan fingerprint density at radius 2 is 1.64 bits per heavy atom. The topological polar surface area (TPSA) is 12.0 Å². The van der Waals surface area contributed by atoms with Gasteiger partial charge in [0.15, 0.2) is 0 Å². The Hall–Kier alpha value is -0.0400. The zero-order chi connectivity index (χ0) is 8.70. The van der Waals surface area contributed by atoms with Crippen molar-refractivity contribution in [3.05, 3.63) is 0 Å². The van der Waals surface area contributed by atoms with Crippen LogP contribution in [0, 0.1) is 5.41 Å². The van der Waals surface area contributed by atoms with Crippen LogP contribution in [0.1, 0.15) is 47.5 Å². The molecule has 1 rings (SSSR count). The SMILES string of the molecule is CC(C)NC1(C(C)(C)C)CC1. The molecule has 0 unspecified atom stereocenters. The van der Waals surface area contributed by atoms with Crippen molar-refractivity contribution in [2.75, 3.05) is 0 Å². The molecule has 1 nitrogen and oxygen atoms in total. The Morgan fingerprint density at radius 1 is 1.18 bits per heavy atom. The average molecular weight is 155 g/mol. The Kier molecular flexibility index (Phi) is 2.04. The minimum absolute atomic E-state index is 0.428. The second kappa shape index (κ2) is 2.48. The first-order valence-corrected chi connectivity index (χ1v) is 4.65. The van der Waals surface area contributed by atoms with Crippen molar-refractivity contribution in [3.63, 3.8) is 0 Å². The lowest BCUT2D eigenvalue weighted by Gasteiger charge is -2.33. The van der Waals surface area contributed by atoms with Crippen molar-refractivity contribution in [2.45, 2.75) is 59.0 Å². The highest BCUT2D eigenvalue weighted by molar-refractivity contribution is 5.10. The smallest absolute Gasteiger partial charge is 0.0233 e. The molecule has 0 heterocycles. The molecule has 0 saturated heterocycles. The summed E-state index contributed by atoms with van der Waals surface area (Å²) in [6.45, 7) is 11.4. The van der Waals surface area contributed by atoms with Gasteiger partial charge in [-0.05, 0) is 18.3 Å². The Balaban J connectivity index is 2.54. The molecule has 1 N–H and O–H groups in total. The molecule has 1 fully saturated rings. The summed E-state index contributed by atoms with van der Waals surface area (Å²) in [5.74, 6) is 0. The highest BCUT2D eigenvalue weighted by Crippen LogP contribution is 2.49. The van der Waals surface area contributed by atoms with Crippen LogP contribution in [0.5, 0.6) is 0 Å². The van der Waals surface area contributed by atoms with E-state index in [9.17, 15) is 0 Å². The fraction of sp³-hybridized carbons (Fsp3) is 1.00. The molecule has 0 aromatic heterocycles. The van der Waals surface area contributed by atoms with Crippen LogP contribution in [0.2, 0.25) is 0 Å². The lowest BCUT2D eigenvalue weighted by molar-refractivity contribution is 0.232. The van der Waals surface area contributed by atoms with E-state index in [0.717, 1.165) is 0 Å². The first-order valence-electron chi connectivity index (χ1n) is 4.65. The van der Waals surface area contributed by atoms with Crippen molar-refractivity contribution in [1.82, 2.24) is 5.32 Å². The molecule has 0 aromatic carbocycles. The zero-order valence-electron chi connectivity index (χ0n) is 8.49. The van der Waals surface area contributed by atoms with E-state index in [1.807, 2.05) is 0 Å². The Labute approximate surface area is 70.6 Å². The molecule has 0 atom stereocenters. The molecule has 66 valence electrons. The van der Waals surface area contributed by atoms with Crippen molar-refractivity contribution < 1.29 is 0 Å². The van der Waals surface area contributed by atoms with Crippen LogP contribution < -0.4 is 5.32 Å². The minimum atomic E-state index is 0.428. The highest BCUT2D eigenvalue weighted by atomic mass is 15.1. The van der Waals surface area contributed by atoms with E-state index >= 15 is 0 Å². The second-order valence-corrected chi connectivity index (χ2v) is 5.13. The average Bonchev–Trinajstić information content (AvgIpc) is 2.42. The van der Waals surface area contributed by atoms with Crippen molar-refractivity contribution in [1.29, 1.82) is 0 Å². The van der Waals surface area contributed by atoms with Gasteiger partial charge in [-0.25, -0.2) is 0 Å². The van der Waals surface area contributed by atoms with Gasteiger partial charge in [-0.15, -0.1) is 0 Å². The summed E-state index contributed by atoms with van der Waals surface area (Å²) in [5, 5.41) is 3.67. The van der Waals surface area contributed by atoms with E-state index in [2.05, 4.69) is 39.9 Å². The summed E-state index contributed by atoms with van der Waals surface area (Å²) in [5.41, 5.74) is 0.887. The summed E-state index contributed by atoms with van der Waals surface area (Å²) in [6.07, 6.45) is 2.71. The van der Waals surface area contributed by atoms with Crippen LogP contribution in [0.25, 0.3) is 0 Å². The van der Waals surface area contributed by atoms with E-state index in [1.165, 1.54) is 12.8 Å². The van der Waals surface area contributed by atoms with Crippen LogP contribution in [-0.2, 0) is 0 Å². The van der Waals surface area contributed by atoms with Gasteiger partial charge in [0.1, 0.15) is 0 Å². The standard InChI is InChI=1S/C10H21N/c1-8(2)11-10(6-7-10)9(3,4)5/h8,11H,6-7H2,1-5H3. The highest BCUT2D eigenvalue weighted by Gasteiger charge is 2.51. The van der Waals surface area contributed by atoms with Crippen LogP contribution in [0.4, 0.5) is 0 Å². The number of rotatable bonds is 2. The predicted molar refractivity (Wildman–Crippen MR) is 49.7 cm³/mol. The summed E-state index contributed by atoms with van der Waals surface area (Å²) in [6, 6.07) is 0.622. The molecule has 11 heavy (non-hydrogen) atoms. The molecule has 1 saturated carbocycles. The maximum absolute atomic E-state index is 3.67. The minimum Gasteiger partial charge on any atom is -0.309 e. The zero-order valence-corrected chi connectivity index (χ0v) is 8.49. The molecule has 0 amide bonds. The summed E-state index contributed by atoms with van der Waals surface area (Å²) in [4.78, 5) is 0. The molecule has 1 aliphatic rings.